The van der Waals surface area contributed by atoms with Crippen molar-refractivity contribution >= 4 is 5.91 Å². The molecule has 0 N–H and O–H groups in total. The molecule has 38 heavy (non-hydrogen) atoms. The van der Waals surface area contributed by atoms with Crippen LogP contribution in [0.15, 0.2) is 42.5 Å². The molecule has 3 heterocycles. The van der Waals surface area contributed by atoms with Crippen LogP contribution in [0.5, 0.6) is 17.2 Å². The fourth-order valence-electron chi connectivity index (χ4n) is 5.62. The molecule has 0 radical (unpaired) electrons. The summed E-state index contributed by atoms with van der Waals surface area (Å²) in [6.07, 6.45) is 3.59. The Hall–Kier alpha value is -2.81. The summed E-state index contributed by atoms with van der Waals surface area (Å²) in [6.45, 7) is 6.96. The Kier molecular flexibility index (Phi) is 8.72. The molecule has 2 aromatic rings. The number of aryl methyl sites for hydroxylation is 1. The topological polar surface area (TPSA) is 63.7 Å². The average Bonchev–Trinajstić information content (AvgIpc) is 3.60. The molecule has 0 spiro atoms. The van der Waals surface area contributed by atoms with Gasteiger partial charge in [0.1, 0.15) is 5.75 Å². The molecule has 0 aromatic heterocycles. The number of likely N-dealkylation sites (tertiary alicyclic amines) is 1. The number of hydrogen-bond acceptors (Lipinski definition) is 7. The molecule has 8 nitrogen and oxygen atoms in total. The Morgan fingerprint density at radius 1 is 1.11 bits per heavy atom. The predicted molar refractivity (Wildman–Crippen MR) is 146 cm³/mol. The van der Waals surface area contributed by atoms with E-state index in [-0.39, 0.29) is 24.8 Å². The third kappa shape index (κ3) is 6.79. The van der Waals surface area contributed by atoms with Crippen LogP contribution in [-0.4, -0.2) is 92.5 Å². The number of amides is 1. The number of piperidine rings is 1. The SMILES string of the molecule is Cc1cccc(OC(CN(Cc2ccc3c(c2)OCO3)CC2CCCO2)C(=O)N(C)C2CCN(C)CC2)c1. The molecule has 0 bridgehead atoms. The molecule has 5 rings (SSSR count). The maximum atomic E-state index is 14.0. The number of nitrogens with zero attached hydrogens (tertiary/aromatic N) is 3. The maximum Gasteiger partial charge on any atom is 0.264 e. The van der Waals surface area contributed by atoms with Gasteiger partial charge in [0.15, 0.2) is 17.6 Å². The van der Waals surface area contributed by atoms with Gasteiger partial charge < -0.3 is 28.7 Å². The van der Waals surface area contributed by atoms with Crippen molar-refractivity contribution in [3.63, 3.8) is 0 Å². The van der Waals surface area contributed by atoms with Crippen LogP contribution >= 0.6 is 0 Å². The lowest BCUT2D eigenvalue weighted by atomic mass is 10.0. The summed E-state index contributed by atoms with van der Waals surface area (Å²) >= 11 is 0. The minimum Gasteiger partial charge on any atom is -0.479 e. The zero-order valence-electron chi connectivity index (χ0n) is 22.9. The molecule has 2 aromatic carbocycles. The van der Waals surface area contributed by atoms with Crippen molar-refractivity contribution in [3.05, 3.63) is 53.6 Å². The van der Waals surface area contributed by atoms with Gasteiger partial charge in [-0.05, 0) is 88.1 Å². The van der Waals surface area contributed by atoms with E-state index >= 15 is 0 Å². The summed E-state index contributed by atoms with van der Waals surface area (Å²) in [5.74, 6) is 2.30. The van der Waals surface area contributed by atoms with E-state index in [2.05, 4.69) is 22.9 Å². The van der Waals surface area contributed by atoms with Crippen molar-refractivity contribution in [2.75, 3.05) is 53.7 Å². The smallest absolute Gasteiger partial charge is 0.264 e. The second-order valence-electron chi connectivity index (χ2n) is 10.9. The van der Waals surface area contributed by atoms with E-state index in [1.807, 2.05) is 55.3 Å². The van der Waals surface area contributed by atoms with Gasteiger partial charge in [0.05, 0.1) is 6.10 Å². The van der Waals surface area contributed by atoms with Gasteiger partial charge in [0.2, 0.25) is 6.79 Å². The van der Waals surface area contributed by atoms with Gasteiger partial charge >= 0.3 is 0 Å². The van der Waals surface area contributed by atoms with Crippen molar-refractivity contribution in [1.29, 1.82) is 0 Å². The number of likely N-dealkylation sites (N-methyl/N-ethyl adjacent to an activating group) is 1. The first kappa shape index (κ1) is 26.8. The Morgan fingerprint density at radius 2 is 1.92 bits per heavy atom. The maximum absolute atomic E-state index is 14.0. The molecule has 0 saturated carbocycles. The molecule has 2 fully saturated rings. The zero-order valence-corrected chi connectivity index (χ0v) is 22.9. The molecule has 3 aliphatic heterocycles. The van der Waals surface area contributed by atoms with Crippen LogP contribution in [0, 0.1) is 6.92 Å². The highest BCUT2D eigenvalue weighted by Crippen LogP contribution is 2.33. The predicted octanol–water partition coefficient (Wildman–Crippen LogP) is 3.70. The molecule has 2 atom stereocenters. The summed E-state index contributed by atoms with van der Waals surface area (Å²) < 4.78 is 23.6. The highest BCUT2D eigenvalue weighted by atomic mass is 16.7. The standard InChI is InChI=1S/C30H41N3O5/c1-22-6-4-7-25(16-22)38-29(30(34)32(3)24-11-13-31(2)14-12-24)20-33(19-26-8-5-15-35-26)18-23-9-10-27-28(17-23)37-21-36-27/h4,6-7,9-10,16-17,24,26,29H,5,8,11-15,18-21H2,1-3H3. The normalized spacial score (nSPS) is 20.6. The van der Waals surface area contributed by atoms with Crippen LogP contribution in [0.2, 0.25) is 0 Å². The van der Waals surface area contributed by atoms with E-state index in [1.54, 1.807) is 0 Å². The van der Waals surface area contributed by atoms with E-state index in [0.717, 1.165) is 80.3 Å². The fraction of sp³-hybridized carbons (Fsp3) is 0.567. The molecular formula is C30H41N3O5. The van der Waals surface area contributed by atoms with Crippen LogP contribution in [0.3, 0.4) is 0 Å². The molecular weight excluding hydrogens is 482 g/mol. The first-order valence-electron chi connectivity index (χ1n) is 13.9. The zero-order chi connectivity index (χ0) is 26.5. The number of fused-ring (bicyclic) bond motifs is 1. The Bertz CT molecular complexity index is 1080. The fourth-order valence-corrected chi connectivity index (χ4v) is 5.62. The summed E-state index contributed by atoms with van der Waals surface area (Å²) in [7, 11) is 4.08. The summed E-state index contributed by atoms with van der Waals surface area (Å²) in [5, 5.41) is 0. The lowest BCUT2D eigenvalue weighted by Gasteiger charge is -2.37. The third-order valence-electron chi connectivity index (χ3n) is 7.88. The van der Waals surface area contributed by atoms with Crippen molar-refractivity contribution < 1.29 is 23.7 Å². The largest absolute Gasteiger partial charge is 0.479 e. The van der Waals surface area contributed by atoms with Crippen LogP contribution in [-0.2, 0) is 16.1 Å². The van der Waals surface area contributed by atoms with E-state index in [0.29, 0.717) is 13.1 Å². The molecule has 2 unspecified atom stereocenters. The van der Waals surface area contributed by atoms with Gasteiger partial charge in [-0.3, -0.25) is 9.69 Å². The summed E-state index contributed by atoms with van der Waals surface area (Å²) in [4.78, 5) is 20.5. The Balaban J connectivity index is 1.36. The number of ether oxygens (including phenoxy) is 4. The number of rotatable bonds is 10. The lowest BCUT2D eigenvalue weighted by Crippen LogP contribution is -2.52. The van der Waals surface area contributed by atoms with Crippen LogP contribution in [0.4, 0.5) is 0 Å². The lowest BCUT2D eigenvalue weighted by molar-refractivity contribution is -0.141. The van der Waals surface area contributed by atoms with Gasteiger partial charge in [-0.2, -0.15) is 0 Å². The quantitative estimate of drug-likeness (QED) is 0.471. The van der Waals surface area contributed by atoms with E-state index in [9.17, 15) is 4.79 Å². The van der Waals surface area contributed by atoms with Gasteiger partial charge in [0, 0.05) is 39.3 Å². The molecule has 3 aliphatic rings. The van der Waals surface area contributed by atoms with Crippen LogP contribution in [0.25, 0.3) is 0 Å². The van der Waals surface area contributed by atoms with E-state index < -0.39 is 6.10 Å². The summed E-state index contributed by atoms with van der Waals surface area (Å²) in [5.41, 5.74) is 2.21. The number of hydrogen-bond donors (Lipinski definition) is 0. The Labute approximate surface area is 226 Å². The number of carbonyl (C=O) groups is 1. The van der Waals surface area contributed by atoms with Crippen molar-refractivity contribution in [2.24, 2.45) is 0 Å². The second kappa shape index (κ2) is 12.4. The number of benzene rings is 2. The van der Waals surface area contributed by atoms with E-state index in [1.165, 1.54) is 0 Å². The van der Waals surface area contributed by atoms with E-state index in [4.69, 9.17) is 18.9 Å². The van der Waals surface area contributed by atoms with Crippen LogP contribution < -0.4 is 14.2 Å². The third-order valence-corrected chi connectivity index (χ3v) is 7.88. The molecule has 206 valence electrons. The average molecular weight is 524 g/mol. The highest BCUT2D eigenvalue weighted by Gasteiger charge is 2.33. The monoisotopic (exact) mass is 523 g/mol. The van der Waals surface area contributed by atoms with Gasteiger partial charge in [-0.1, -0.05) is 18.2 Å². The molecule has 2 saturated heterocycles. The van der Waals surface area contributed by atoms with Crippen molar-refractivity contribution in [1.82, 2.24) is 14.7 Å². The minimum absolute atomic E-state index is 0.0316. The highest BCUT2D eigenvalue weighted by molar-refractivity contribution is 5.81. The van der Waals surface area contributed by atoms with Gasteiger partial charge in [-0.25, -0.2) is 0 Å². The minimum atomic E-state index is -0.628. The molecule has 1 amide bonds. The van der Waals surface area contributed by atoms with Crippen molar-refractivity contribution in [3.8, 4) is 17.2 Å². The Morgan fingerprint density at radius 3 is 2.68 bits per heavy atom. The van der Waals surface area contributed by atoms with Crippen LogP contribution in [0.1, 0.15) is 36.8 Å². The first-order valence-corrected chi connectivity index (χ1v) is 13.9. The first-order chi connectivity index (χ1) is 18.4. The molecule has 8 heteroatoms. The van der Waals surface area contributed by atoms with Gasteiger partial charge in [-0.15, -0.1) is 0 Å². The summed E-state index contributed by atoms with van der Waals surface area (Å²) in [6, 6.07) is 14.2. The van der Waals surface area contributed by atoms with Crippen molar-refractivity contribution in [2.45, 2.75) is 57.4 Å². The second-order valence-corrected chi connectivity index (χ2v) is 10.9. The van der Waals surface area contributed by atoms with Gasteiger partial charge in [0.25, 0.3) is 5.91 Å². The number of carbonyl (C=O) groups excluding carboxylic acids is 1. The molecule has 0 aliphatic carbocycles.